The summed E-state index contributed by atoms with van der Waals surface area (Å²) in [5, 5.41) is 17.0. The van der Waals surface area contributed by atoms with Crippen LogP contribution in [0, 0.1) is 0 Å². The molecule has 0 bridgehead atoms. The molecule has 0 aliphatic rings. The van der Waals surface area contributed by atoms with Gasteiger partial charge in [-0.25, -0.2) is 5.43 Å². The SMILES string of the molecule is COc1ccc(C=N/N=C(\NN=Cc2ccc(OC)c(OC)c2)[NH2+]N=Cc2ccc(OC)c(OC)c2)cc1OC.[I-]. The number of hydrogen-bond acceptors (Lipinski definition) is 10. The van der Waals surface area contributed by atoms with Crippen LogP contribution < -0.4 is 63.2 Å². The summed E-state index contributed by atoms with van der Waals surface area (Å²) in [6.45, 7) is 0. The molecule has 218 valence electrons. The number of hydrogen-bond donors (Lipinski definition) is 2. The average Bonchev–Trinajstić information content (AvgIpc) is 3.00. The first-order valence-corrected chi connectivity index (χ1v) is 12.0. The van der Waals surface area contributed by atoms with Gasteiger partial charge in [0.15, 0.2) is 34.5 Å². The van der Waals surface area contributed by atoms with Gasteiger partial charge in [-0.3, -0.25) is 0 Å². The van der Waals surface area contributed by atoms with Crippen molar-refractivity contribution in [1.29, 1.82) is 0 Å². The van der Waals surface area contributed by atoms with Crippen molar-refractivity contribution < 1.29 is 57.8 Å². The fourth-order valence-electron chi connectivity index (χ4n) is 3.40. The van der Waals surface area contributed by atoms with E-state index in [1.807, 2.05) is 24.3 Å². The van der Waals surface area contributed by atoms with E-state index in [4.69, 9.17) is 28.4 Å². The largest absolute Gasteiger partial charge is 1.00 e. The van der Waals surface area contributed by atoms with E-state index in [2.05, 4.69) is 25.8 Å². The molecule has 0 aliphatic carbocycles. The summed E-state index contributed by atoms with van der Waals surface area (Å²) < 4.78 is 31.9. The van der Waals surface area contributed by atoms with Gasteiger partial charge in [0.25, 0.3) is 0 Å². The Hall–Kier alpha value is -4.37. The highest BCUT2D eigenvalue weighted by atomic mass is 127. The number of nitrogens with zero attached hydrogens (tertiary/aromatic N) is 4. The van der Waals surface area contributed by atoms with Crippen molar-refractivity contribution in [2.75, 3.05) is 42.7 Å². The Morgan fingerprint density at radius 2 is 1.00 bits per heavy atom. The predicted molar refractivity (Wildman–Crippen MR) is 154 cm³/mol. The molecule has 3 aromatic carbocycles. The van der Waals surface area contributed by atoms with Crippen molar-refractivity contribution in [3.8, 4) is 34.5 Å². The Morgan fingerprint density at radius 3 is 1.44 bits per heavy atom. The fourth-order valence-corrected chi connectivity index (χ4v) is 3.40. The van der Waals surface area contributed by atoms with E-state index < -0.39 is 0 Å². The molecule has 12 nitrogen and oxygen atoms in total. The van der Waals surface area contributed by atoms with Gasteiger partial charge in [-0.05, 0) is 65.7 Å². The third kappa shape index (κ3) is 9.65. The van der Waals surface area contributed by atoms with E-state index in [9.17, 15) is 0 Å². The zero-order chi connectivity index (χ0) is 28.7. The molecular formula is C28H33IN6O6. The van der Waals surface area contributed by atoms with Crippen LogP contribution in [0.1, 0.15) is 16.7 Å². The number of ether oxygens (including phenoxy) is 6. The highest BCUT2D eigenvalue weighted by Crippen LogP contribution is 2.28. The second-order valence-corrected chi connectivity index (χ2v) is 7.85. The van der Waals surface area contributed by atoms with Gasteiger partial charge in [0, 0.05) is 5.56 Å². The molecule has 0 spiro atoms. The van der Waals surface area contributed by atoms with Gasteiger partial charge in [-0.1, -0.05) is 10.2 Å². The topological polar surface area (TPSA) is 133 Å². The third-order valence-corrected chi connectivity index (χ3v) is 5.41. The Morgan fingerprint density at radius 1 is 0.585 bits per heavy atom. The summed E-state index contributed by atoms with van der Waals surface area (Å²) in [6, 6.07) is 16.3. The second kappa shape index (κ2) is 17.3. The van der Waals surface area contributed by atoms with Crippen LogP contribution in [0.5, 0.6) is 34.5 Å². The quantitative estimate of drug-likeness (QED) is 0.0882. The second-order valence-electron chi connectivity index (χ2n) is 7.85. The molecular weight excluding hydrogens is 643 g/mol. The van der Waals surface area contributed by atoms with Gasteiger partial charge >= 0.3 is 5.96 Å². The summed E-state index contributed by atoms with van der Waals surface area (Å²) in [5.74, 6) is 3.92. The number of methoxy groups -OCH3 is 6. The van der Waals surface area contributed by atoms with Crippen LogP contribution in [0.25, 0.3) is 0 Å². The molecule has 0 saturated carbocycles. The number of benzene rings is 3. The molecule has 0 saturated heterocycles. The fraction of sp³-hybridized carbons (Fsp3) is 0.214. The number of nitrogens with one attached hydrogen (secondary N) is 1. The molecule has 0 aliphatic heterocycles. The van der Waals surface area contributed by atoms with Crippen molar-refractivity contribution in [1.82, 2.24) is 5.43 Å². The maximum atomic E-state index is 5.35. The van der Waals surface area contributed by atoms with Gasteiger partial charge in [0.2, 0.25) is 0 Å². The Kier molecular flexibility index (Phi) is 13.9. The van der Waals surface area contributed by atoms with Crippen molar-refractivity contribution in [2.45, 2.75) is 0 Å². The van der Waals surface area contributed by atoms with Crippen LogP contribution in [0.4, 0.5) is 0 Å². The van der Waals surface area contributed by atoms with Crippen LogP contribution in [0.3, 0.4) is 0 Å². The molecule has 3 rings (SSSR count). The minimum atomic E-state index is 0. The molecule has 0 atom stereocenters. The van der Waals surface area contributed by atoms with Crippen molar-refractivity contribution in [3.05, 3.63) is 71.3 Å². The molecule has 0 aromatic heterocycles. The van der Waals surface area contributed by atoms with Gasteiger partial charge in [0.05, 0.1) is 61.3 Å². The summed E-state index contributed by atoms with van der Waals surface area (Å²) in [7, 11) is 9.46. The zero-order valence-corrected chi connectivity index (χ0v) is 25.8. The lowest BCUT2D eigenvalue weighted by Gasteiger charge is -2.07. The van der Waals surface area contributed by atoms with E-state index in [0.717, 1.165) is 16.7 Å². The van der Waals surface area contributed by atoms with Crippen LogP contribution in [-0.2, 0) is 0 Å². The van der Waals surface area contributed by atoms with Gasteiger partial charge in [0.1, 0.15) is 0 Å². The van der Waals surface area contributed by atoms with E-state index in [1.54, 1.807) is 91.6 Å². The van der Waals surface area contributed by atoms with Gasteiger partial charge < -0.3 is 52.4 Å². The smallest absolute Gasteiger partial charge is 0.365 e. The molecule has 0 radical (unpaired) electrons. The third-order valence-electron chi connectivity index (χ3n) is 5.41. The Labute approximate surface area is 256 Å². The van der Waals surface area contributed by atoms with E-state index in [-0.39, 0.29) is 29.9 Å². The Balaban J connectivity index is 0.00000588. The van der Waals surface area contributed by atoms with Crippen LogP contribution in [0.2, 0.25) is 0 Å². The lowest BCUT2D eigenvalue weighted by molar-refractivity contribution is -0.549. The van der Waals surface area contributed by atoms with E-state index >= 15 is 0 Å². The molecule has 13 heteroatoms. The van der Waals surface area contributed by atoms with E-state index in [0.29, 0.717) is 34.5 Å². The molecule has 0 unspecified atom stereocenters. The molecule has 0 amide bonds. The summed E-state index contributed by atoms with van der Waals surface area (Å²) in [5.41, 5.74) is 6.71. The number of halogens is 1. The summed E-state index contributed by atoms with van der Waals surface area (Å²) >= 11 is 0. The maximum Gasteiger partial charge on any atom is 0.365 e. The number of quaternary nitrogens is 1. The summed E-state index contributed by atoms with van der Waals surface area (Å²) in [4.78, 5) is 0. The lowest BCUT2D eigenvalue weighted by atomic mass is 10.2. The first kappa shape index (κ1) is 32.8. The van der Waals surface area contributed by atoms with Crippen LogP contribution >= 0.6 is 0 Å². The molecule has 3 N–H and O–H groups in total. The minimum Gasteiger partial charge on any atom is -1.00 e. The minimum absolute atomic E-state index is 0. The standard InChI is InChI=1S/C28H32N6O6.HI/c1-35-22-10-7-19(13-25(22)38-4)16-29-32-28(33-30-17-20-8-11-23(36-2)26(14-20)39-5)34-31-18-21-9-12-24(37-3)27(15-21)40-6;/h7-18H,1-6H3,(H2,32,33,34);1H. The molecule has 41 heavy (non-hydrogen) atoms. The predicted octanol–water partition coefficient (Wildman–Crippen LogP) is -0.347. The highest BCUT2D eigenvalue weighted by molar-refractivity contribution is 5.84. The molecule has 3 aromatic rings. The number of nitrogens with two attached hydrogens (primary N) is 1. The van der Waals surface area contributed by atoms with Crippen molar-refractivity contribution in [2.24, 2.45) is 20.4 Å². The number of rotatable bonds is 12. The molecule has 0 heterocycles. The normalized spacial score (nSPS) is 11.4. The lowest BCUT2D eigenvalue weighted by Crippen LogP contribution is -3.00. The van der Waals surface area contributed by atoms with Gasteiger partial charge in [-0.2, -0.15) is 15.6 Å². The first-order valence-electron chi connectivity index (χ1n) is 12.0. The number of hydrazone groups is 1. The zero-order valence-electron chi connectivity index (χ0n) is 23.6. The maximum absolute atomic E-state index is 5.35. The molecule has 0 fully saturated rings. The first-order chi connectivity index (χ1) is 19.5. The van der Waals surface area contributed by atoms with Crippen LogP contribution in [-0.4, -0.2) is 67.3 Å². The monoisotopic (exact) mass is 676 g/mol. The average molecular weight is 677 g/mol. The van der Waals surface area contributed by atoms with Crippen molar-refractivity contribution in [3.63, 3.8) is 0 Å². The van der Waals surface area contributed by atoms with Crippen molar-refractivity contribution >= 4 is 24.6 Å². The van der Waals surface area contributed by atoms with Crippen LogP contribution in [0.15, 0.2) is 75.0 Å². The Bertz CT molecular complexity index is 1330. The highest BCUT2D eigenvalue weighted by Gasteiger charge is 2.07. The number of guanidine groups is 1. The summed E-state index contributed by atoms with van der Waals surface area (Å²) in [6.07, 6.45) is 4.84. The van der Waals surface area contributed by atoms with Gasteiger partial charge in [-0.15, -0.1) is 0 Å². The van der Waals surface area contributed by atoms with E-state index in [1.165, 1.54) is 5.43 Å².